The first-order valence-corrected chi connectivity index (χ1v) is 7.91. The smallest absolute Gasteiger partial charge is 0.0487 e. The minimum Gasteiger partial charge on any atom is -0.396 e. The van der Waals surface area contributed by atoms with Crippen molar-refractivity contribution < 1.29 is 10.2 Å². The highest BCUT2D eigenvalue weighted by Crippen LogP contribution is 2.76. The molecule has 2 N–H and O–H groups in total. The summed E-state index contributed by atoms with van der Waals surface area (Å²) >= 11 is 0. The van der Waals surface area contributed by atoms with Gasteiger partial charge in [0.1, 0.15) is 0 Å². The molecule has 0 heterocycles. The molecule has 100 valence electrons. The molecule has 0 radical (unpaired) electrons. The minimum absolute atomic E-state index is 0.319. The lowest BCUT2D eigenvalue weighted by Gasteiger charge is -2.74. The van der Waals surface area contributed by atoms with Gasteiger partial charge in [0.25, 0.3) is 0 Å². The van der Waals surface area contributed by atoms with Gasteiger partial charge in [-0.2, -0.15) is 0 Å². The van der Waals surface area contributed by atoms with E-state index in [0.29, 0.717) is 24.0 Å². The first-order chi connectivity index (χ1) is 8.69. The zero-order chi connectivity index (χ0) is 12.1. The Morgan fingerprint density at radius 3 is 0.944 bits per heavy atom. The van der Waals surface area contributed by atoms with Gasteiger partial charge in [0.15, 0.2) is 0 Å². The number of aliphatic hydroxyl groups is 2. The van der Waals surface area contributed by atoms with Gasteiger partial charge < -0.3 is 10.2 Å². The summed E-state index contributed by atoms with van der Waals surface area (Å²) in [6.07, 6.45) is 7.83. The lowest BCUT2D eigenvalue weighted by molar-refractivity contribution is -0.267. The Morgan fingerprint density at radius 2 is 0.778 bits per heavy atom. The molecule has 2 heteroatoms. The van der Waals surface area contributed by atoms with Crippen molar-refractivity contribution in [2.45, 2.75) is 38.5 Å². The van der Waals surface area contributed by atoms with Crippen LogP contribution in [0.1, 0.15) is 38.5 Å². The van der Waals surface area contributed by atoms with Crippen LogP contribution in [-0.2, 0) is 0 Å². The molecular weight excluding hydrogens is 224 g/mol. The second-order valence-electron chi connectivity index (χ2n) is 8.52. The maximum absolute atomic E-state index is 9.85. The van der Waals surface area contributed by atoms with Crippen LogP contribution in [0.25, 0.3) is 0 Å². The third-order valence-electron chi connectivity index (χ3n) is 7.98. The lowest BCUT2D eigenvalue weighted by atomic mass is 9.30. The topological polar surface area (TPSA) is 40.5 Å². The van der Waals surface area contributed by atoms with E-state index in [9.17, 15) is 10.2 Å². The molecular formula is C16H24O2. The van der Waals surface area contributed by atoms with Gasteiger partial charge in [0.05, 0.1) is 0 Å². The van der Waals surface area contributed by atoms with E-state index >= 15 is 0 Å². The van der Waals surface area contributed by atoms with Crippen LogP contribution in [0.3, 0.4) is 0 Å². The lowest BCUT2D eigenvalue weighted by Crippen LogP contribution is -2.68. The van der Waals surface area contributed by atoms with Crippen LogP contribution < -0.4 is 0 Å². The monoisotopic (exact) mass is 248 g/mol. The van der Waals surface area contributed by atoms with Gasteiger partial charge in [-0.25, -0.2) is 0 Å². The van der Waals surface area contributed by atoms with Crippen LogP contribution in [-0.4, -0.2) is 23.4 Å². The second-order valence-corrected chi connectivity index (χ2v) is 8.52. The van der Waals surface area contributed by atoms with Gasteiger partial charge in [0.2, 0.25) is 0 Å². The van der Waals surface area contributed by atoms with Crippen molar-refractivity contribution >= 4 is 0 Å². The van der Waals surface area contributed by atoms with Crippen molar-refractivity contribution in [2.24, 2.45) is 46.3 Å². The third-order valence-corrected chi connectivity index (χ3v) is 7.98. The van der Waals surface area contributed by atoms with Gasteiger partial charge in [-0.15, -0.1) is 0 Å². The van der Waals surface area contributed by atoms with Crippen LogP contribution in [0.15, 0.2) is 0 Å². The fraction of sp³-hybridized carbons (Fsp3) is 1.00. The van der Waals surface area contributed by atoms with Crippen LogP contribution >= 0.6 is 0 Å². The van der Waals surface area contributed by atoms with Crippen LogP contribution in [0.2, 0.25) is 0 Å². The summed E-state index contributed by atoms with van der Waals surface area (Å²) in [5, 5.41) is 19.7. The van der Waals surface area contributed by atoms with Gasteiger partial charge >= 0.3 is 0 Å². The van der Waals surface area contributed by atoms with E-state index in [1.165, 1.54) is 38.5 Å². The highest BCUT2D eigenvalue weighted by Gasteiger charge is 2.69. The van der Waals surface area contributed by atoms with E-state index in [0.717, 1.165) is 35.5 Å². The molecule has 7 rings (SSSR count). The third kappa shape index (κ3) is 0.987. The predicted octanol–water partition coefficient (Wildman–Crippen LogP) is 2.05. The molecule has 0 spiro atoms. The van der Waals surface area contributed by atoms with Gasteiger partial charge in [0, 0.05) is 13.2 Å². The Hall–Kier alpha value is -0.0800. The second kappa shape index (κ2) is 2.98. The zero-order valence-corrected chi connectivity index (χ0v) is 11.0. The number of aliphatic hydroxyl groups excluding tert-OH is 2. The summed E-state index contributed by atoms with van der Waals surface area (Å²) < 4.78 is 0. The molecule has 0 amide bonds. The average molecular weight is 248 g/mol. The molecule has 7 saturated carbocycles. The highest BCUT2D eigenvalue weighted by atomic mass is 16.3. The molecule has 0 atom stereocenters. The summed E-state index contributed by atoms with van der Waals surface area (Å²) in [5.74, 6) is 5.45. The molecule has 8 bridgehead atoms. The molecule has 0 aromatic carbocycles. The van der Waals surface area contributed by atoms with Crippen molar-refractivity contribution in [3.8, 4) is 0 Å². The molecule has 0 unspecified atom stereocenters. The highest BCUT2D eigenvalue weighted by molar-refractivity contribution is 5.18. The van der Waals surface area contributed by atoms with Crippen molar-refractivity contribution in [2.75, 3.05) is 13.2 Å². The molecule has 2 nitrogen and oxygen atoms in total. The molecule has 0 saturated heterocycles. The first-order valence-electron chi connectivity index (χ1n) is 7.91. The first kappa shape index (κ1) is 10.7. The molecule has 7 aliphatic rings. The van der Waals surface area contributed by atoms with Crippen molar-refractivity contribution in [3.05, 3.63) is 0 Å². The van der Waals surface area contributed by atoms with E-state index in [4.69, 9.17) is 0 Å². The summed E-state index contributed by atoms with van der Waals surface area (Å²) in [5.41, 5.74) is 0.639. The number of rotatable bonds is 2. The molecule has 18 heavy (non-hydrogen) atoms. The molecule has 0 aromatic rings. The molecule has 0 aliphatic heterocycles. The fourth-order valence-electron chi connectivity index (χ4n) is 7.61. The maximum Gasteiger partial charge on any atom is 0.0487 e. The van der Waals surface area contributed by atoms with Gasteiger partial charge in [-0.3, -0.25) is 0 Å². The SMILES string of the molecule is OCC12CC3C4CC5(CO)CC3C(C1)C(C5)C4C2. The minimum atomic E-state index is 0.319. The van der Waals surface area contributed by atoms with Crippen molar-refractivity contribution in [3.63, 3.8) is 0 Å². The molecule has 7 aliphatic carbocycles. The van der Waals surface area contributed by atoms with Crippen LogP contribution in [0.5, 0.6) is 0 Å². The Kier molecular flexibility index (Phi) is 1.77. The predicted molar refractivity (Wildman–Crippen MR) is 67.7 cm³/mol. The zero-order valence-electron chi connectivity index (χ0n) is 11.0. The Bertz CT molecular complexity index is 301. The maximum atomic E-state index is 9.85. The van der Waals surface area contributed by atoms with E-state index in [1.807, 2.05) is 0 Å². The van der Waals surface area contributed by atoms with Gasteiger partial charge in [-0.1, -0.05) is 0 Å². The normalized spacial score (nSPS) is 67.0. The quantitative estimate of drug-likeness (QED) is 0.785. The van der Waals surface area contributed by atoms with E-state index < -0.39 is 0 Å². The Labute approximate surface area is 109 Å². The van der Waals surface area contributed by atoms with Crippen molar-refractivity contribution in [1.82, 2.24) is 0 Å². The van der Waals surface area contributed by atoms with Crippen LogP contribution in [0.4, 0.5) is 0 Å². The van der Waals surface area contributed by atoms with E-state index in [-0.39, 0.29) is 0 Å². The molecule has 0 aromatic heterocycles. The fourth-order valence-corrected chi connectivity index (χ4v) is 7.61. The Balaban J connectivity index is 1.61. The summed E-state index contributed by atoms with van der Waals surface area (Å²) in [7, 11) is 0. The summed E-state index contributed by atoms with van der Waals surface area (Å²) in [4.78, 5) is 0. The van der Waals surface area contributed by atoms with Crippen molar-refractivity contribution in [1.29, 1.82) is 0 Å². The van der Waals surface area contributed by atoms with Crippen LogP contribution in [0, 0.1) is 46.3 Å². The van der Waals surface area contributed by atoms with E-state index in [1.54, 1.807) is 0 Å². The largest absolute Gasteiger partial charge is 0.396 e. The average Bonchev–Trinajstić information content (AvgIpc) is 2.43. The Morgan fingerprint density at radius 1 is 0.556 bits per heavy atom. The number of hydrogen-bond acceptors (Lipinski definition) is 2. The molecule has 7 fully saturated rings. The summed E-state index contributed by atoms with van der Waals surface area (Å²) in [6.45, 7) is 0.877. The summed E-state index contributed by atoms with van der Waals surface area (Å²) in [6, 6.07) is 0. The number of hydrogen-bond donors (Lipinski definition) is 2. The standard InChI is InChI=1S/C16H24O2/c17-7-15-1-9-10-4-16(8-18)5-11(9)13(3-15)14(6-16)12(10)2-15/h9-14,17-18H,1-8H2. The van der Waals surface area contributed by atoms with E-state index in [2.05, 4.69) is 0 Å². The van der Waals surface area contributed by atoms with Gasteiger partial charge in [-0.05, 0) is 84.9 Å².